The van der Waals surface area contributed by atoms with Gasteiger partial charge in [0.25, 0.3) is 0 Å². The van der Waals surface area contributed by atoms with Crippen LogP contribution in [0.3, 0.4) is 0 Å². The van der Waals surface area contributed by atoms with E-state index in [4.69, 9.17) is 28.4 Å². The van der Waals surface area contributed by atoms with Crippen molar-refractivity contribution in [2.75, 3.05) is 0 Å². The maximum atomic E-state index is 9.10. The average molecular weight is 240 g/mol. The molecule has 0 saturated carbocycles. The van der Waals surface area contributed by atoms with Crippen LogP contribution in [0.15, 0.2) is 0 Å². The number of carboxylic acids is 2. The van der Waals surface area contributed by atoms with E-state index in [9.17, 15) is 0 Å². The average Bonchev–Trinajstić information content (AvgIpc) is 1.72. The summed E-state index contributed by atoms with van der Waals surface area (Å²) < 4.78 is 0. The summed E-state index contributed by atoms with van der Waals surface area (Å²) in [4.78, 5) is 18.2. The van der Waals surface area contributed by atoms with Crippen molar-refractivity contribution in [3.05, 3.63) is 0 Å². The van der Waals surface area contributed by atoms with E-state index < -0.39 is 11.9 Å². The number of hydrogen-bond donors (Lipinski definition) is 2. The molecule has 0 bridgehead atoms. The van der Waals surface area contributed by atoms with Crippen LogP contribution in [0.5, 0.6) is 0 Å². The minimum atomic E-state index is -1.82. The van der Waals surface area contributed by atoms with Crippen molar-refractivity contribution in [1.82, 2.24) is 0 Å². The van der Waals surface area contributed by atoms with E-state index in [0.29, 0.717) is 0 Å². The van der Waals surface area contributed by atoms with Crippen LogP contribution in [-0.2, 0) is 9.59 Å². The molecule has 0 amide bonds. The Balaban J connectivity index is 0. The molecule has 0 aromatic rings. The van der Waals surface area contributed by atoms with Crippen molar-refractivity contribution in [3.63, 3.8) is 0 Å². The van der Waals surface area contributed by atoms with Crippen LogP contribution in [0.25, 0.3) is 0 Å². The second-order valence-electron chi connectivity index (χ2n) is 0.610. The fourth-order valence-electron chi connectivity index (χ4n) is 0. The third kappa shape index (κ3) is 9.44. The molecule has 8 heavy (non-hydrogen) atoms. The number of carbonyl (C=O) groups is 2. The van der Waals surface area contributed by atoms with Crippen molar-refractivity contribution < 1.29 is 19.8 Å². The van der Waals surface area contributed by atoms with Crippen LogP contribution in [0.2, 0.25) is 0 Å². The van der Waals surface area contributed by atoms with Gasteiger partial charge in [-0.05, 0) is 0 Å². The minimum absolute atomic E-state index is 0.822. The van der Waals surface area contributed by atoms with E-state index in [1.54, 1.807) is 0 Å². The molecule has 6 heteroatoms. The van der Waals surface area contributed by atoms with Crippen molar-refractivity contribution >= 4 is 43.7 Å². The van der Waals surface area contributed by atoms with E-state index >= 15 is 0 Å². The second kappa shape index (κ2) is 7.10. The van der Waals surface area contributed by atoms with Crippen LogP contribution in [-0.4, -0.2) is 45.3 Å². The first kappa shape index (κ1) is 11.0. The molecule has 0 atom stereocenters. The van der Waals surface area contributed by atoms with Gasteiger partial charge in [-0.15, -0.1) is 0 Å². The van der Waals surface area contributed by atoms with Gasteiger partial charge in [-0.25, -0.2) is 9.59 Å². The monoisotopic (exact) mass is 240 g/mol. The molecule has 0 spiro atoms. The summed E-state index contributed by atoms with van der Waals surface area (Å²) in [6, 6.07) is 0. The van der Waals surface area contributed by atoms with E-state index in [1.807, 2.05) is 0 Å². The molecular weight excluding hydrogens is 238 g/mol. The van der Waals surface area contributed by atoms with Gasteiger partial charge >= 0.3 is 43.7 Å². The number of carboxylic acid groups (broad SMARTS) is 2. The second-order valence-corrected chi connectivity index (χ2v) is 0.610. The van der Waals surface area contributed by atoms with E-state index in [1.165, 1.54) is 0 Å². The Kier molecular flexibility index (Phi) is 9.74. The number of rotatable bonds is 0. The Morgan fingerprint density at radius 1 is 1.12 bits per heavy atom. The zero-order valence-corrected chi connectivity index (χ0v) is 7.72. The molecule has 0 rings (SSSR count). The van der Waals surface area contributed by atoms with Crippen molar-refractivity contribution in [2.24, 2.45) is 0 Å². The summed E-state index contributed by atoms with van der Waals surface area (Å²) in [7, 11) is 4.77. The van der Waals surface area contributed by atoms with Gasteiger partial charge in [-0.1, -0.05) is 0 Å². The third-order valence-electron chi connectivity index (χ3n) is 0.183. The summed E-state index contributed by atoms with van der Waals surface area (Å²) in [6.07, 6.45) is 0. The van der Waals surface area contributed by atoms with Gasteiger partial charge in [0.15, 0.2) is 0 Å². The molecule has 0 aliphatic heterocycles. The Bertz CT molecular complexity index is 80.0. The third-order valence-corrected chi connectivity index (χ3v) is 0.183. The predicted octanol–water partition coefficient (Wildman–Crippen LogP) is -0.536. The fraction of sp³-hybridized carbons (Fsp3) is 0. The van der Waals surface area contributed by atoms with Crippen molar-refractivity contribution in [3.8, 4) is 0 Å². The standard InChI is InChI=1S/C2H2O4.ClH.In/c3-1(4)2(5)6;;/h(H,3,4)(H,5,6);1H;/q;;+1/p-1. The molecule has 0 heterocycles. The molecule has 2 radical (unpaired) electrons. The van der Waals surface area contributed by atoms with Gasteiger partial charge in [0.1, 0.15) is 0 Å². The molecular formula is C2H2ClInO4. The number of hydrogen-bond acceptors (Lipinski definition) is 2. The zero-order chi connectivity index (χ0) is 7.15. The Labute approximate surface area is 63.6 Å². The summed E-state index contributed by atoms with van der Waals surface area (Å²) >= 11 is 0.822. The maximum absolute atomic E-state index is 9.10. The summed E-state index contributed by atoms with van der Waals surface area (Å²) in [5.41, 5.74) is 0. The predicted molar refractivity (Wildman–Crippen MR) is 26.9 cm³/mol. The quantitative estimate of drug-likeness (QED) is 0.558. The van der Waals surface area contributed by atoms with Crippen LogP contribution >= 0.6 is 8.58 Å². The molecule has 0 unspecified atom stereocenters. The van der Waals surface area contributed by atoms with Crippen LogP contribution in [0.4, 0.5) is 0 Å². The Morgan fingerprint density at radius 2 is 1.25 bits per heavy atom. The Hall–Kier alpha value is 0.100. The molecule has 0 saturated heterocycles. The molecule has 0 fully saturated rings. The molecule has 0 aromatic heterocycles. The molecule has 2 N–H and O–H groups in total. The summed E-state index contributed by atoms with van der Waals surface area (Å²) in [5, 5.41) is 14.8. The van der Waals surface area contributed by atoms with Crippen molar-refractivity contribution in [2.45, 2.75) is 0 Å². The first-order valence-electron chi connectivity index (χ1n) is 1.32. The van der Waals surface area contributed by atoms with Crippen LogP contribution < -0.4 is 0 Å². The van der Waals surface area contributed by atoms with Gasteiger partial charge < -0.3 is 10.2 Å². The van der Waals surface area contributed by atoms with E-state index in [-0.39, 0.29) is 0 Å². The van der Waals surface area contributed by atoms with Crippen molar-refractivity contribution in [1.29, 1.82) is 0 Å². The van der Waals surface area contributed by atoms with Gasteiger partial charge in [0.2, 0.25) is 0 Å². The molecule has 0 aliphatic rings. The topological polar surface area (TPSA) is 74.6 Å². The summed E-state index contributed by atoms with van der Waals surface area (Å²) in [6.45, 7) is 0. The fourth-order valence-corrected chi connectivity index (χ4v) is 0. The van der Waals surface area contributed by atoms with Gasteiger partial charge in [-0.3, -0.25) is 0 Å². The van der Waals surface area contributed by atoms with Crippen LogP contribution in [0.1, 0.15) is 0 Å². The molecule has 4 nitrogen and oxygen atoms in total. The van der Waals surface area contributed by atoms with Gasteiger partial charge in [-0.2, -0.15) is 0 Å². The van der Waals surface area contributed by atoms with Crippen LogP contribution in [0, 0.1) is 0 Å². The number of halogens is 1. The normalized spacial score (nSPS) is 6.12. The first-order chi connectivity index (χ1) is 3.64. The Morgan fingerprint density at radius 3 is 1.25 bits per heavy atom. The SMILES string of the molecule is O=C(O)C(=O)O.[Cl][In]. The molecule has 0 aromatic carbocycles. The number of aliphatic carboxylic acids is 2. The van der Waals surface area contributed by atoms with E-state index in [0.717, 1.165) is 23.2 Å². The van der Waals surface area contributed by atoms with Gasteiger partial charge in [0, 0.05) is 0 Å². The van der Waals surface area contributed by atoms with E-state index in [2.05, 4.69) is 0 Å². The zero-order valence-electron chi connectivity index (χ0n) is 3.67. The first-order valence-corrected chi connectivity index (χ1v) is 5.50. The summed E-state index contributed by atoms with van der Waals surface area (Å²) in [5.74, 6) is -3.65. The molecule has 0 aliphatic carbocycles. The molecule has 44 valence electrons. The van der Waals surface area contributed by atoms with Gasteiger partial charge in [0.05, 0.1) is 0 Å².